The van der Waals surface area contributed by atoms with E-state index in [1.54, 1.807) is 24.7 Å². The summed E-state index contributed by atoms with van der Waals surface area (Å²) in [6.07, 6.45) is 3.21. The van der Waals surface area contributed by atoms with Crippen LogP contribution in [-0.2, 0) is 6.54 Å². The van der Waals surface area contributed by atoms with Gasteiger partial charge in [-0.1, -0.05) is 11.3 Å². The first-order chi connectivity index (χ1) is 9.15. The monoisotopic (exact) mass is 279 g/mol. The van der Waals surface area contributed by atoms with Crippen LogP contribution < -0.4 is 5.32 Å². The van der Waals surface area contributed by atoms with Crippen LogP contribution in [0.5, 0.6) is 0 Å². The molecule has 0 fully saturated rings. The molecule has 0 amide bonds. The molecule has 0 saturated heterocycles. The molecule has 3 aromatic rings. The van der Waals surface area contributed by atoms with Crippen LogP contribution in [0.4, 0.5) is 11.6 Å². The molecule has 0 atom stereocenters. The van der Waals surface area contributed by atoms with Crippen LogP contribution in [0.25, 0.3) is 4.96 Å². The van der Waals surface area contributed by atoms with E-state index in [9.17, 15) is 10.1 Å². The van der Waals surface area contributed by atoms with Crippen LogP contribution >= 0.6 is 11.3 Å². The lowest BCUT2D eigenvalue weighted by atomic mass is 10.5. The largest absolute Gasteiger partial charge is 0.444 e. The first kappa shape index (κ1) is 11.7. The van der Waals surface area contributed by atoms with Gasteiger partial charge >= 0.3 is 5.82 Å². The molecule has 0 unspecified atom stereocenters. The number of anilines is 1. The summed E-state index contributed by atoms with van der Waals surface area (Å²) in [5.41, 5.74) is 0. The standard InChI is InChI=1S/C10H9N5O3S/c1-6-4-11-7(18-6)5-12-8-9(15(16)17)14-2-3-19-10(14)13-8/h2-4,12H,5H2,1H3. The molecule has 0 aromatic carbocycles. The van der Waals surface area contributed by atoms with Crippen LogP contribution in [0.3, 0.4) is 0 Å². The number of hydrogen-bond donors (Lipinski definition) is 1. The third-order valence-corrected chi connectivity index (χ3v) is 3.24. The number of nitrogens with one attached hydrogen (secondary N) is 1. The van der Waals surface area contributed by atoms with Gasteiger partial charge in [-0.3, -0.25) is 0 Å². The SMILES string of the molecule is Cc1cnc(CNc2nc3sccn3c2[N+](=O)[O-])o1. The Labute approximate surface area is 110 Å². The van der Waals surface area contributed by atoms with Gasteiger partial charge in [0.05, 0.1) is 12.7 Å². The molecule has 0 bridgehead atoms. The van der Waals surface area contributed by atoms with Gasteiger partial charge in [0, 0.05) is 5.38 Å². The fraction of sp³-hybridized carbons (Fsp3) is 0.200. The van der Waals surface area contributed by atoms with Crippen molar-refractivity contribution >= 4 is 27.9 Å². The van der Waals surface area contributed by atoms with E-state index >= 15 is 0 Å². The van der Waals surface area contributed by atoms with Crippen molar-refractivity contribution in [3.05, 3.63) is 39.5 Å². The number of imidazole rings is 1. The number of nitro groups is 1. The van der Waals surface area contributed by atoms with Crippen LogP contribution in [0.2, 0.25) is 0 Å². The highest BCUT2D eigenvalue weighted by atomic mass is 32.1. The lowest BCUT2D eigenvalue weighted by Gasteiger charge is -1.99. The van der Waals surface area contributed by atoms with Crippen LogP contribution in [-0.4, -0.2) is 19.3 Å². The van der Waals surface area contributed by atoms with Gasteiger partial charge in [0.15, 0.2) is 0 Å². The minimum atomic E-state index is -0.462. The van der Waals surface area contributed by atoms with Gasteiger partial charge in [-0.25, -0.2) is 4.98 Å². The number of fused-ring (bicyclic) bond motifs is 1. The molecule has 3 aromatic heterocycles. The highest BCUT2D eigenvalue weighted by Crippen LogP contribution is 2.28. The molecule has 3 heterocycles. The lowest BCUT2D eigenvalue weighted by Crippen LogP contribution is -2.03. The topological polar surface area (TPSA) is 98.5 Å². The van der Waals surface area contributed by atoms with Crippen molar-refractivity contribution < 1.29 is 9.34 Å². The summed E-state index contributed by atoms with van der Waals surface area (Å²) >= 11 is 1.33. The van der Waals surface area contributed by atoms with Crippen molar-refractivity contribution in [1.29, 1.82) is 0 Å². The molecule has 0 spiro atoms. The minimum absolute atomic E-state index is 0.0838. The van der Waals surface area contributed by atoms with Gasteiger partial charge in [-0.2, -0.15) is 9.38 Å². The summed E-state index contributed by atoms with van der Waals surface area (Å²) in [6.45, 7) is 2.03. The predicted molar refractivity (Wildman–Crippen MR) is 68.3 cm³/mol. The third-order valence-electron chi connectivity index (χ3n) is 2.49. The van der Waals surface area contributed by atoms with E-state index in [4.69, 9.17) is 4.42 Å². The fourth-order valence-electron chi connectivity index (χ4n) is 1.71. The van der Waals surface area contributed by atoms with Gasteiger partial charge in [-0.05, 0) is 11.8 Å². The first-order valence-corrected chi connectivity index (χ1v) is 6.28. The van der Waals surface area contributed by atoms with E-state index in [0.29, 0.717) is 16.6 Å². The summed E-state index contributed by atoms with van der Waals surface area (Å²) in [4.78, 5) is 19.4. The third kappa shape index (κ3) is 2.03. The molecule has 1 N–H and O–H groups in total. The van der Waals surface area contributed by atoms with Gasteiger partial charge in [0.1, 0.15) is 12.0 Å². The second-order valence-corrected chi connectivity index (χ2v) is 4.69. The molecule has 9 heteroatoms. The molecule has 0 radical (unpaired) electrons. The second kappa shape index (κ2) is 4.35. The fourth-order valence-corrected chi connectivity index (χ4v) is 2.42. The maximum Gasteiger partial charge on any atom is 0.372 e. The summed E-state index contributed by atoms with van der Waals surface area (Å²) in [6, 6.07) is 0. The number of thiazole rings is 1. The number of nitrogens with zero attached hydrogens (tertiary/aromatic N) is 4. The normalized spacial score (nSPS) is 11.0. The molecule has 19 heavy (non-hydrogen) atoms. The van der Waals surface area contributed by atoms with Crippen molar-refractivity contribution in [1.82, 2.24) is 14.4 Å². The van der Waals surface area contributed by atoms with E-state index in [1.807, 2.05) is 0 Å². The van der Waals surface area contributed by atoms with E-state index < -0.39 is 4.92 Å². The summed E-state index contributed by atoms with van der Waals surface area (Å²) in [5.74, 6) is 1.28. The van der Waals surface area contributed by atoms with E-state index in [2.05, 4.69) is 15.3 Å². The quantitative estimate of drug-likeness (QED) is 0.580. The van der Waals surface area contributed by atoms with E-state index in [1.165, 1.54) is 15.7 Å². The number of rotatable bonds is 4. The summed E-state index contributed by atoms with van der Waals surface area (Å²) in [7, 11) is 0. The summed E-state index contributed by atoms with van der Waals surface area (Å²) in [5, 5.41) is 15.7. The van der Waals surface area contributed by atoms with Gasteiger partial charge in [-0.15, -0.1) is 0 Å². The van der Waals surface area contributed by atoms with Crippen LogP contribution in [0.1, 0.15) is 11.7 Å². The number of aryl methyl sites for hydroxylation is 1. The molecule has 8 nitrogen and oxygen atoms in total. The zero-order valence-electron chi connectivity index (χ0n) is 9.86. The maximum absolute atomic E-state index is 11.1. The van der Waals surface area contributed by atoms with Gasteiger partial charge in [0.25, 0.3) is 4.96 Å². The highest BCUT2D eigenvalue weighted by molar-refractivity contribution is 7.15. The zero-order valence-corrected chi connectivity index (χ0v) is 10.7. The molecular formula is C10H9N5O3S. The average Bonchev–Trinajstić information content (AvgIpc) is 3.00. The number of aromatic nitrogens is 3. The van der Waals surface area contributed by atoms with Crippen molar-refractivity contribution in [3.63, 3.8) is 0 Å². The zero-order chi connectivity index (χ0) is 13.4. The molecule has 3 rings (SSSR count). The van der Waals surface area contributed by atoms with Crippen LogP contribution in [0, 0.1) is 17.0 Å². The Bertz CT molecular complexity index is 743. The Kier molecular flexibility index (Phi) is 2.67. The lowest BCUT2D eigenvalue weighted by molar-refractivity contribution is -0.389. The molecule has 0 aliphatic heterocycles. The van der Waals surface area contributed by atoms with Crippen LogP contribution in [0.15, 0.2) is 22.2 Å². The first-order valence-electron chi connectivity index (χ1n) is 5.40. The average molecular weight is 279 g/mol. The number of hydrogen-bond acceptors (Lipinski definition) is 7. The molecule has 0 aliphatic rings. The molecule has 0 saturated carbocycles. The van der Waals surface area contributed by atoms with Crippen molar-refractivity contribution in [2.24, 2.45) is 0 Å². The predicted octanol–water partition coefficient (Wildman–Crippen LogP) is 2.21. The Balaban J connectivity index is 1.89. The Hall–Kier alpha value is -2.42. The molecule has 0 aliphatic carbocycles. The Morgan fingerprint density at radius 1 is 1.63 bits per heavy atom. The molecule has 98 valence electrons. The minimum Gasteiger partial charge on any atom is -0.444 e. The maximum atomic E-state index is 11.1. The van der Waals surface area contributed by atoms with Crippen molar-refractivity contribution in [2.45, 2.75) is 13.5 Å². The highest BCUT2D eigenvalue weighted by Gasteiger charge is 2.23. The Morgan fingerprint density at radius 2 is 2.47 bits per heavy atom. The number of oxazole rings is 1. The second-order valence-electron chi connectivity index (χ2n) is 3.81. The van der Waals surface area contributed by atoms with Gasteiger partial charge < -0.3 is 19.8 Å². The smallest absolute Gasteiger partial charge is 0.372 e. The van der Waals surface area contributed by atoms with Crippen molar-refractivity contribution in [3.8, 4) is 0 Å². The van der Waals surface area contributed by atoms with E-state index in [0.717, 1.165) is 0 Å². The Morgan fingerprint density at radius 3 is 3.16 bits per heavy atom. The van der Waals surface area contributed by atoms with Gasteiger partial charge in [0.2, 0.25) is 11.7 Å². The summed E-state index contributed by atoms with van der Waals surface area (Å²) < 4.78 is 6.72. The van der Waals surface area contributed by atoms with Crippen molar-refractivity contribution in [2.75, 3.05) is 5.32 Å². The molecular weight excluding hydrogens is 270 g/mol. The van der Waals surface area contributed by atoms with E-state index in [-0.39, 0.29) is 18.2 Å².